The molecule has 0 spiro atoms. The van der Waals surface area contributed by atoms with E-state index >= 15 is 0 Å². The van der Waals surface area contributed by atoms with Gasteiger partial charge in [0.25, 0.3) is 5.69 Å². The molecule has 0 unspecified atom stereocenters. The fourth-order valence-electron chi connectivity index (χ4n) is 2.37. The van der Waals surface area contributed by atoms with Crippen molar-refractivity contribution in [1.82, 2.24) is 0 Å². The fraction of sp³-hybridized carbons (Fsp3) is 0.538. The van der Waals surface area contributed by atoms with E-state index in [1.54, 1.807) is 0 Å². The Kier molecular flexibility index (Phi) is 4.36. The normalized spacial score (nSPS) is 22.9. The van der Waals surface area contributed by atoms with Gasteiger partial charge in [-0.05, 0) is 37.8 Å². The summed E-state index contributed by atoms with van der Waals surface area (Å²) in [5.41, 5.74) is 3.48. The van der Waals surface area contributed by atoms with Crippen molar-refractivity contribution in [2.45, 2.75) is 44.0 Å². The average molecular weight is 304 g/mol. The van der Waals surface area contributed by atoms with E-state index in [0.717, 1.165) is 18.9 Å². The van der Waals surface area contributed by atoms with E-state index in [-0.39, 0.29) is 17.9 Å². The SMILES string of the molecule is NC1CCC(Oc2ccc([N+](=O)[O-])c(C(F)(F)F)c2)CC1. The van der Waals surface area contributed by atoms with Crippen molar-refractivity contribution in [2.75, 3.05) is 0 Å². The quantitative estimate of drug-likeness (QED) is 0.686. The summed E-state index contributed by atoms with van der Waals surface area (Å²) in [7, 11) is 0. The van der Waals surface area contributed by atoms with Crippen LogP contribution in [0.2, 0.25) is 0 Å². The Hall–Kier alpha value is -1.83. The number of ether oxygens (including phenoxy) is 1. The summed E-state index contributed by atoms with van der Waals surface area (Å²) in [5, 5.41) is 10.7. The first-order valence-corrected chi connectivity index (χ1v) is 6.55. The maximum Gasteiger partial charge on any atom is 0.423 e. The first-order valence-electron chi connectivity index (χ1n) is 6.55. The van der Waals surface area contributed by atoms with Gasteiger partial charge in [0.2, 0.25) is 0 Å². The van der Waals surface area contributed by atoms with E-state index in [2.05, 4.69) is 0 Å². The number of hydrogen-bond acceptors (Lipinski definition) is 4. The van der Waals surface area contributed by atoms with Gasteiger partial charge in [0, 0.05) is 12.1 Å². The van der Waals surface area contributed by atoms with Gasteiger partial charge in [0.15, 0.2) is 0 Å². The standard InChI is InChI=1S/C13H15F3N2O3/c14-13(15,16)11-7-10(5-6-12(11)18(19)20)21-9-3-1-8(17)2-4-9/h5-9H,1-4,17H2. The number of nitrogens with two attached hydrogens (primary N) is 1. The summed E-state index contributed by atoms with van der Waals surface area (Å²) in [6, 6.07) is 2.81. The number of alkyl halides is 3. The van der Waals surface area contributed by atoms with Crippen molar-refractivity contribution in [1.29, 1.82) is 0 Å². The monoisotopic (exact) mass is 304 g/mol. The number of nitrogens with zero attached hydrogens (tertiary/aromatic N) is 1. The highest BCUT2D eigenvalue weighted by Gasteiger charge is 2.38. The molecule has 5 nitrogen and oxygen atoms in total. The molecular weight excluding hydrogens is 289 g/mol. The van der Waals surface area contributed by atoms with Crippen molar-refractivity contribution in [2.24, 2.45) is 5.73 Å². The van der Waals surface area contributed by atoms with Crippen molar-refractivity contribution < 1.29 is 22.8 Å². The van der Waals surface area contributed by atoms with Crippen LogP contribution >= 0.6 is 0 Å². The fourth-order valence-corrected chi connectivity index (χ4v) is 2.37. The second kappa shape index (κ2) is 5.88. The molecule has 0 bridgehead atoms. The largest absolute Gasteiger partial charge is 0.490 e. The predicted octanol–water partition coefficient (Wildman–Crippen LogP) is 3.26. The molecule has 0 heterocycles. The molecule has 0 atom stereocenters. The van der Waals surface area contributed by atoms with E-state index in [1.165, 1.54) is 6.07 Å². The number of nitro groups is 1. The lowest BCUT2D eigenvalue weighted by molar-refractivity contribution is -0.388. The van der Waals surface area contributed by atoms with Gasteiger partial charge in [0.05, 0.1) is 11.0 Å². The smallest absolute Gasteiger partial charge is 0.423 e. The summed E-state index contributed by atoms with van der Waals surface area (Å²) >= 11 is 0. The van der Waals surface area contributed by atoms with E-state index in [1.807, 2.05) is 0 Å². The van der Waals surface area contributed by atoms with Crippen molar-refractivity contribution in [3.8, 4) is 5.75 Å². The lowest BCUT2D eigenvalue weighted by Crippen LogP contribution is -2.31. The topological polar surface area (TPSA) is 78.4 Å². The number of benzene rings is 1. The Labute approximate surface area is 119 Å². The summed E-state index contributed by atoms with van der Waals surface area (Å²) in [6.07, 6.45) is -2.16. The van der Waals surface area contributed by atoms with Crippen LogP contribution in [0.3, 0.4) is 0 Å². The van der Waals surface area contributed by atoms with Crippen LogP contribution in [-0.2, 0) is 6.18 Å². The molecular formula is C13H15F3N2O3. The third kappa shape index (κ3) is 3.84. The molecule has 0 aliphatic heterocycles. The zero-order chi connectivity index (χ0) is 15.6. The minimum atomic E-state index is -4.79. The van der Waals surface area contributed by atoms with Gasteiger partial charge < -0.3 is 10.5 Å². The minimum Gasteiger partial charge on any atom is -0.490 e. The molecule has 1 aliphatic carbocycles. The first-order chi connectivity index (χ1) is 9.77. The van der Waals surface area contributed by atoms with Crippen LogP contribution in [0.4, 0.5) is 18.9 Å². The highest BCUT2D eigenvalue weighted by atomic mass is 19.4. The lowest BCUT2D eigenvalue weighted by Gasteiger charge is -2.27. The van der Waals surface area contributed by atoms with Crippen LogP contribution in [-0.4, -0.2) is 17.1 Å². The number of nitro benzene ring substituents is 1. The summed E-state index contributed by atoms with van der Waals surface area (Å²) < 4.78 is 44.0. The van der Waals surface area contributed by atoms with Crippen molar-refractivity contribution in [3.05, 3.63) is 33.9 Å². The van der Waals surface area contributed by atoms with E-state index in [0.29, 0.717) is 18.9 Å². The van der Waals surface area contributed by atoms with Gasteiger partial charge in [-0.2, -0.15) is 13.2 Å². The van der Waals surface area contributed by atoms with E-state index in [4.69, 9.17) is 10.5 Å². The van der Waals surface area contributed by atoms with E-state index in [9.17, 15) is 23.3 Å². The Balaban J connectivity index is 2.20. The zero-order valence-corrected chi connectivity index (χ0v) is 11.1. The average Bonchev–Trinajstić information content (AvgIpc) is 2.40. The van der Waals surface area contributed by atoms with Gasteiger partial charge in [-0.3, -0.25) is 10.1 Å². The Morgan fingerprint density at radius 3 is 2.38 bits per heavy atom. The van der Waals surface area contributed by atoms with Crippen molar-refractivity contribution >= 4 is 5.69 Å². The highest BCUT2D eigenvalue weighted by molar-refractivity contribution is 5.47. The highest BCUT2D eigenvalue weighted by Crippen LogP contribution is 2.38. The third-order valence-electron chi connectivity index (χ3n) is 3.49. The molecule has 1 aromatic rings. The van der Waals surface area contributed by atoms with Gasteiger partial charge in [-0.15, -0.1) is 0 Å². The molecule has 2 rings (SSSR count). The number of halogens is 3. The second-order valence-corrected chi connectivity index (χ2v) is 5.09. The lowest BCUT2D eigenvalue weighted by atomic mass is 9.94. The minimum absolute atomic E-state index is 0.00611. The van der Waals surface area contributed by atoms with Gasteiger partial charge in [0.1, 0.15) is 11.3 Å². The Bertz CT molecular complexity index is 526. The van der Waals surface area contributed by atoms with Crippen LogP contribution < -0.4 is 10.5 Å². The third-order valence-corrected chi connectivity index (χ3v) is 3.49. The molecule has 0 saturated heterocycles. The van der Waals surface area contributed by atoms with E-state index < -0.39 is 22.4 Å². The molecule has 1 fully saturated rings. The van der Waals surface area contributed by atoms with Crippen LogP contribution in [0.25, 0.3) is 0 Å². The van der Waals surface area contributed by atoms with Gasteiger partial charge >= 0.3 is 6.18 Å². The van der Waals surface area contributed by atoms with Crippen molar-refractivity contribution in [3.63, 3.8) is 0 Å². The van der Waals surface area contributed by atoms with Crippen LogP contribution in [0, 0.1) is 10.1 Å². The number of hydrogen-bond donors (Lipinski definition) is 1. The maximum atomic E-state index is 12.8. The number of rotatable bonds is 3. The Morgan fingerprint density at radius 2 is 1.86 bits per heavy atom. The maximum absolute atomic E-state index is 12.8. The zero-order valence-electron chi connectivity index (χ0n) is 11.1. The molecule has 1 aromatic carbocycles. The predicted molar refractivity (Wildman–Crippen MR) is 69.0 cm³/mol. The molecule has 1 saturated carbocycles. The molecule has 8 heteroatoms. The second-order valence-electron chi connectivity index (χ2n) is 5.09. The van der Waals surface area contributed by atoms with Crippen LogP contribution in [0.5, 0.6) is 5.75 Å². The molecule has 21 heavy (non-hydrogen) atoms. The first kappa shape index (κ1) is 15.6. The molecule has 0 amide bonds. The summed E-state index contributed by atoms with van der Waals surface area (Å²) in [6.45, 7) is 0. The molecule has 2 N–H and O–H groups in total. The van der Waals surface area contributed by atoms with Crippen LogP contribution in [0.15, 0.2) is 18.2 Å². The summed E-state index contributed by atoms with van der Waals surface area (Å²) in [5.74, 6) is -0.00611. The molecule has 0 radical (unpaired) electrons. The summed E-state index contributed by atoms with van der Waals surface area (Å²) in [4.78, 5) is 9.61. The molecule has 0 aromatic heterocycles. The van der Waals surface area contributed by atoms with Gasteiger partial charge in [-0.1, -0.05) is 0 Å². The van der Waals surface area contributed by atoms with Gasteiger partial charge in [-0.25, -0.2) is 0 Å². The molecule has 1 aliphatic rings. The Morgan fingerprint density at radius 1 is 1.24 bits per heavy atom. The van der Waals surface area contributed by atoms with Crippen LogP contribution in [0.1, 0.15) is 31.2 Å². The molecule has 116 valence electrons.